The summed E-state index contributed by atoms with van der Waals surface area (Å²) in [4.78, 5) is 2.40. The van der Waals surface area contributed by atoms with Gasteiger partial charge in [-0.2, -0.15) is 0 Å². The molecule has 0 amide bonds. The van der Waals surface area contributed by atoms with Gasteiger partial charge in [0.05, 0.1) is 0 Å². The number of nitrogens with one attached hydrogen (secondary N) is 1. The Morgan fingerprint density at radius 2 is 1.94 bits per heavy atom. The molecule has 1 aromatic rings. The molecule has 3 heteroatoms. The minimum absolute atomic E-state index is 0.146. The summed E-state index contributed by atoms with van der Waals surface area (Å²) in [6, 6.07) is 8.24. The molecular formula is C15H21FN2. The molecule has 1 aliphatic carbocycles. The van der Waals surface area contributed by atoms with Crippen LogP contribution in [0.1, 0.15) is 30.9 Å². The lowest BCUT2D eigenvalue weighted by Crippen LogP contribution is -2.29. The molecule has 2 fully saturated rings. The lowest BCUT2D eigenvalue weighted by atomic mass is 9.93. The maximum atomic E-state index is 13.0. The summed E-state index contributed by atoms with van der Waals surface area (Å²) in [7, 11) is 2.17. The van der Waals surface area contributed by atoms with Crippen molar-refractivity contribution in [3.8, 4) is 0 Å². The topological polar surface area (TPSA) is 15.3 Å². The largest absolute Gasteiger partial charge is 0.314 e. The molecule has 1 aromatic carbocycles. The average molecular weight is 248 g/mol. The van der Waals surface area contributed by atoms with Gasteiger partial charge >= 0.3 is 0 Å². The average Bonchev–Trinajstić information content (AvgIpc) is 3.12. The van der Waals surface area contributed by atoms with Gasteiger partial charge in [-0.3, -0.25) is 4.90 Å². The highest BCUT2D eigenvalue weighted by molar-refractivity contribution is 5.22. The first-order valence-electron chi connectivity index (χ1n) is 6.93. The zero-order chi connectivity index (χ0) is 12.5. The van der Waals surface area contributed by atoms with E-state index in [1.54, 1.807) is 12.1 Å². The number of rotatable bonds is 4. The molecule has 0 bridgehead atoms. The van der Waals surface area contributed by atoms with E-state index in [1.807, 2.05) is 12.1 Å². The van der Waals surface area contributed by atoms with Gasteiger partial charge < -0.3 is 5.32 Å². The number of hydrogen-bond donors (Lipinski definition) is 1. The van der Waals surface area contributed by atoms with Gasteiger partial charge in [-0.25, -0.2) is 4.39 Å². The molecule has 3 rings (SSSR count). The van der Waals surface area contributed by atoms with Gasteiger partial charge in [-0.15, -0.1) is 0 Å². The fourth-order valence-electron chi connectivity index (χ4n) is 3.03. The molecule has 0 radical (unpaired) electrons. The molecular weight excluding hydrogens is 227 g/mol. The monoisotopic (exact) mass is 248 g/mol. The molecule has 0 aromatic heterocycles. The van der Waals surface area contributed by atoms with E-state index in [-0.39, 0.29) is 5.82 Å². The molecule has 2 unspecified atom stereocenters. The van der Waals surface area contributed by atoms with E-state index in [1.165, 1.54) is 24.8 Å². The van der Waals surface area contributed by atoms with E-state index in [9.17, 15) is 4.39 Å². The number of likely N-dealkylation sites (tertiary alicyclic amines) is 1. The first-order valence-corrected chi connectivity index (χ1v) is 6.93. The summed E-state index contributed by atoms with van der Waals surface area (Å²) in [5.74, 6) is 0.508. The molecule has 2 aliphatic rings. The second-order valence-corrected chi connectivity index (χ2v) is 5.71. The third-order valence-electron chi connectivity index (χ3n) is 4.23. The molecule has 18 heavy (non-hydrogen) atoms. The van der Waals surface area contributed by atoms with Crippen molar-refractivity contribution in [1.29, 1.82) is 0 Å². The quantitative estimate of drug-likeness (QED) is 0.881. The van der Waals surface area contributed by atoms with Crippen LogP contribution in [0.2, 0.25) is 0 Å². The van der Waals surface area contributed by atoms with Crippen molar-refractivity contribution in [3.63, 3.8) is 0 Å². The summed E-state index contributed by atoms with van der Waals surface area (Å²) in [5, 5.41) is 3.63. The Kier molecular flexibility index (Phi) is 3.35. The number of benzene rings is 1. The molecule has 0 spiro atoms. The first-order chi connectivity index (χ1) is 8.74. The number of hydrogen-bond acceptors (Lipinski definition) is 2. The van der Waals surface area contributed by atoms with Crippen molar-refractivity contribution >= 4 is 0 Å². The third kappa shape index (κ3) is 2.57. The Bertz CT molecular complexity index is 399. The van der Waals surface area contributed by atoms with E-state index in [0.717, 1.165) is 19.1 Å². The zero-order valence-corrected chi connectivity index (χ0v) is 10.9. The number of nitrogens with zero attached hydrogens (tertiary/aromatic N) is 1. The van der Waals surface area contributed by atoms with Gasteiger partial charge in [0.15, 0.2) is 0 Å². The minimum atomic E-state index is -0.146. The van der Waals surface area contributed by atoms with Crippen molar-refractivity contribution in [1.82, 2.24) is 10.2 Å². The van der Waals surface area contributed by atoms with Crippen LogP contribution < -0.4 is 5.32 Å². The van der Waals surface area contributed by atoms with Crippen LogP contribution in [0.15, 0.2) is 24.3 Å². The van der Waals surface area contributed by atoms with Crippen molar-refractivity contribution in [2.24, 2.45) is 5.92 Å². The summed E-state index contributed by atoms with van der Waals surface area (Å²) in [5.41, 5.74) is 1.25. The smallest absolute Gasteiger partial charge is 0.123 e. The summed E-state index contributed by atoms with van der Waals surface area (Å²) in [6.07, 6.45) is 3.91. The highest BCUT2D eigenvalue weighted by Gasteiger charge is 2.33. The molecule has 2 nitrogen and oxygen atoms in total. The Balaban J connectivity index is 1.71. The van der Waals surface area contributed by atoms with E-state index < -0.39 is 0 Å². The highest BCUT2D eigenvalue weighted by atomic mass is 19.1. The van der Waals surface area contributed by atoms with Gasteiger partial charge in [0.1, 0.15) is 5.82 Å². The normalized spacial score (nSPS) is 28.8. The standard InChI is InChI=1S/C15H21FN2/c1-18-9-8-12(10-17-14-6-7-14)15(18)11-2-4-13(16)5-3-11/h2-5,12,14-15,17H,6-10H2,1H3. The van der Waals surface area contributed by atoms with Gasteiger partial charge in [0.2, 0.25) is 0 Å². The molecule has 1 heterocycles. The van der Waals surface area contributed by atoms with E-state index >= 15 is 0 Å². The lowest BCUT2D eigenvalue weighted by molar-refractivity contribution is 0.271. The molecule has 2 atom stereocenters. The lowest BCUT2D eigenvalue weighted by Gasteiger charge is -2.26. The molecule has 1 saturated carbocycles. The van der Waals surface area contributed by atoms with Crippen LogP contribution in [0.4, 0.5) is 4.39 Å². The predicted octanol–water partition coefficient (Wildman–Crippen LogP) is 2.57. The fourth-order valence-corrected chi connectivity index (χ4v) is 3.03. The van der Waals surface area contributed by atoms with Crippen molar-refractivity contribution in [3.05, 3.63) is 35.6 Å². The van der Waals surface area contributed by atoms with Gasteiger partial charge in [-0.05, 0) is 56.5 Å². The SMILES string of the molecule is CN1CCC(CNC2CC2)C1c1ccc(F)cc1. The Hall–Kier alpha value is -0.930. The molecule has 1 aliphatic heterocycles. The van der Waals surface area contributed by atoms with Crippen LogP contribution in [-0.4, -0.2) is 31.1 Å². The molecule has 1 saturated heterocycles. The van der Waals surface area contributed by atoms with Crippen molar-refractivity contribution in [2.75, 3.05) is 20.1 Å². The maximum Gasteiger partial charge on any atom is 0.123 e. The minimum Gasteiger partial charge on any atom is -0.314 e. The number of halogens is 1. The van der Waals surface area contributed by atoms with Crippen LogP contribution in [-0.2, 0) is 0 Å². The van der Waals surface area contributed by atoms with Gasteiger partial charge in [0.25, 0.3) is 0 Å². The van der Waals surface area contributed by atoms with Crippen molar-refractivity contribution < 1.29 is 4.39 Å². The van der Waals surface area contributed by atoms with Crippen LogP contribution in [0, 0.1) is 11.7 Å². The second kappa shape index (κ2) is 4.98. The van der Waals surface area contributed by atoms with Gasteiger partial charge in [-0.1, -0.05) is 12.1 Å². The van der Waals surface area contributed by atoms with Gasteiger partial charge in [0, 0.05) is 18.6 Å². The van der Waals surface area contributed by atoms with Crippen LogP contribution >= 0.6 is 0 Å². The van der Waals surface area contributed by atoms with E-state index in [2.05, 4.69) is 17.3 Å². The summed E-state index contributed by atoms with van der Waals surface area (Å²) >= 11 is 0. The third-order valence-corrected chi connectivity index (χ3v) is 4.23. The zero-order valence-electron chi connectivity index (χ0n) is 10.9. The summed E-state index contributed by atoms with van der Waals surface area (Å²) < 4.78 is 13.0. The molecule has 98 valence electrons. The summed E-state index contributed by atoms with van der Waals surface area (Å²) in [6.45, 7) is 2.23. The Morgan fingerprint density at radius 3 is 2.61 bits per heavy atom. The Morgan fingerprint density at radius 1 is 1.22 bits per heavy atom. The predicted molar refractivity (Wildman–Crippen MR) is 70.9 cm³/mol. The van der Waals surface area contributed by atoms with E-state index in [0.29, 0.717) is 12.0 Å². The molecule has 1 N–H and O–H groups in total. The van der Waals surface area contributed by atoms with Crippen molar-refractivity contribution in [2.45, 2.75) is 31.3 Å². The van der Waals surface area contributed by atoms with Crippen LogP contribution in [0.3, 0.4) is 0 Å². The van der Waals surface area contributed by atoms with E-state index in [4.69, 9.17) is 0 Å². The second-order valence-electron chi connectivity index (χ2n) is 5.71. The Labute approximate surface area is 108 Å². The first kappa shape index (κ1) is 12.1. The fraction of sp³-hybridized carbons (Fsp3) is 0.600. The van der Waals surface area contributed by atoms with Crippen LogP contribution in [0.25, 0.3) is 0 Å². The van der Waals surface area contributed by atoms with Crippen LogP contribution in [0.5, 0.6) is 0 Å². The maximum absolute atomic E-state index is 13.0. The highest BCUT2D eigenvalue weighted by Crippen LogP contribution is 2.36.